The van der Waals surface area contributed by atoms with Gasteiger partial charge in [-0.3, -0.25) is 19.2 Å². The van der Waals surface area contributed by atoms with Gasteiger partial charge in [0, 0.05) is 38.0 Å². The van der Waals surface area contributed by atoms with Crippen molar-refractivity contribution < 1.29 is 9.53 Å². The number of carbonyl (C=O) groups excluding carboxylic acids is 1. The van der Waals surface area contributed by atoms with Crippen molar-refractivity contribution >= 4 is 16.8 Å². The Balaban J connectivity index is 1.35. The first-order valence-corrected chi connectivity index (χ1v) is 10.6. The van der Waals surface area contributed by atoms with Gasteiger partial charge in [-0.1, -0.05) is 24.3 Å². The molecule has 8 nitrogen and oxygen atoms in total. The Morgan fingerprint density at radius 3 is 2.53 bits per heavy atom. The lowest BCUT2D eigenvalue weighted by molar-refractivity contribution is -0.133. The van der Waals surface area contributed by atoms with Gasteiger partial charge in [-0.05, 0) is 29.8 Å². The lowest BCUT2D eigenvalue weighted by Gasteiger charge is -2.37. The second-order valence-corrected chi connectivity index (χ2v) is 7.72. The van der Waals surface area contributed by atoms with E-state index in [1.54, 1.807) is 17.9 Å². The van der Waals surface area contributed by atoms with E-state index < -0.39 is 0 Å². The predicted molar refractivity (Wildman–Crippen MR) is 120 cm³/mol. The summed E-state index contributed by atoms with van der Waals surface area (Å²) in [5.74, 6) is 0.804. The lowest BCUT2D eigenvalue weighted by atomic mass is 10.1. The monoisotopic (exact) mass is 431 g/mol. The Morgan fingerprint density at radius 1 is 1.12 bits per heavy atom. The van der Waals surface area contributed by atoms with Gasteiger partial charge in [0.25, 0.3) is 0 Å². The summed E-state index contributed by atoms with van der Waals surface area (Å²) >= 11 is 0. The highest BCUT2D eigenvalue weighted by molar-refractivity contribution is 5.79. The second kappa shape index (κ2) is 9.62. The van der Waals surface area contributed by atoms with Gasteiger partial charge >= 0.3 is 0 Å². The first-order chi connectivity index (χ1) is 15.6. The second-order valence-electron chi connectivity index (χ2n) is 7.72. The molecule has 1 aromatic heterocycles. The normalized spacial score (nSPS) is 15.3. The minimum Gasteiger partial charge on any atom is -0.497 e. The van der Waals surface area contributed by atoms with Crippen LogP contribution in [0.2, 0.25) is 0 Å². The van der Waals surface area contributed by atoms with E-state index in [0.717, 1.165) is 16.8 Å². The van der Waals surface area contributed by atoms with Gasteiger partial charge in [0.15, 0.2) is 0 Å². The number of nitriles is 1. The van der Waals surface area contributed by atoms with Crippen LogP contribution in [0.15, 0.2) is 59.5 Å². The maximum absolute atomic E-state index is 12.8. The van der Waals surface area contributed by atoms with E-state index in [0.29, 0.717) is 44.5 Å². The summed E-state index contributed by atoms with van der Waals surface area (Å²) in [7, 11) is 1.61. The summed E-state index contributed by atoms with van der Waals surface area (Å²) in [6, 6.07) is 16.8. The molecule has 0 N–H and O–H groups in total. The van der Waals surface area contributed by atoms with Gasteiger partial charge in [-0.15, -0.1) is 0 Å². The van der Waals surface area contributed by atoms with Gasteiger partial charge in [-0.2, -0.15) is 10.4 Å². The summed E-state index contributed by atoms with van der Waals surface area (Å²) in [6.45, 7) is 2.83. The van der Waals surface area contributed by atoms with Gasteiger partial charge in [0.2, 0.25) is 11.3 Å². The van der Waals surface area contributed by atoms with Crippen molar-refractivity contribution in [1.82, 2.24) is 19.6 Å². The number of amides is 1. The number of ether oxygens (including phenoxy) is 1. The summed E-state index contributed by atoms with van der Waals surface area (Å²) in [5, 5.41) is 14.5. The molecule has 1 amide bonds. The lowest BCUT2D eigenvalue weighted by Crippen LogP contribution is -2.49. The maximum Gasteiger partial charge on any atom is 0.224 e. The average molecular weight is 431 g/mol. The van der Waals surface area contributed by atoms with Crippen LogP contribution in [0.3, 0.4) is 0 Å². The zero-order chi connectivity index (χ0) is 22.5. The number of benzene rings is 2. The molecule has 1 aliphatic rings. The quantitative estimate of drug-likeness (QED) is 0.594. The first kappa shape index (κ1) is 21.5. The van der Waals surface area contributed by atoms with E-state index in [1.165, 1.54) is 6.20 Å². The number of hydrogen-bond donors (Lipinski definition) is 0. The molecule has 3 aromatic rings. The summed E-state index contributed by atoms with van der Waals surface area (Å²) < 4.78 is 6.90. The van der Waals surface area contributed by atoms with Crippen molar-refractivity contribution in [2.45, 2.75) is 19.0 Å². The third kappa shape index (κ3) is 4.48. The molecule has 0 spiro atoms. The number of fused-ring (bicyclic) bond motifs is 1. The number of aromatic nitrogens is 2. The SMILES string of the molecule is COc1ccc(C(C#N)N2CCN(C(=O)CCn3ncc(=O)c4ccccc43)CC2)cc1. The number of rotatable bonds is 6. The van der Waals surface area contributed by atoms with Crippen molar-refractivity contribution in [2.75, 3.05) is 33.3 Å². The van der Waals surface area contributed by atoms with E-state index in [1.807, 2.05) is 47.4 Å². The number of hydrogen-bond acceptors (Lipinski definition) is 6. The molecule has 0 aliphatic carbocycles. The topological polar surface area (TPSA) is 91.5 Å². The molecule has 0 radical (unpaired) electrons. The number of para-hydroxylation sites is 1. The van der Waals surface area contributed by atoms with Crippen molar-refractivity contribution in [2.24, 2.45) is 0 Å². The van der Waals surface area contributed by atoms with E-state index in [-0.39, 0.29) is 17.4 Å². The van der Waals surface area contributed by atoms with Gasteiger partial charge in [-0.25, -0.2) is 0 Å². The average Bonchev–Trinajstić information content (AvgIpc) is 2.85. The van der Waals surface area contributed by atoms with Crippen molar-refractivity contribution in [1.29, 1.82) is 5.26 Å². The van der Waals surface area contributed by atoms with Crippen molar-refractivity contribution in [3.05, 3.63) is 70.5 Å². The number of carbonyl (C=O) groups is 1. The van der Waals surface area contributed by atoms with Crippen LogP contribution in [0.4, 0.5) is 0 Å². The zero-order valence-electron chi connectivity index (χ0n) is 18.0. The predicted octanol–water partition coefficient (Wildman–Crippen LogP) is 2.20. The van der Waals surface area contributed by atoms with E-state index >= 15 is 0 Å². The highest BCUT2D eigenvalue weighted by Crippen LogP contribution is 2.24. The van der Waals surface area contributed by atoms with Crippen LogP contribution >= 0.6 is 0 Å². The Kier molecular flexibility index (Phi) is 6.47. The Labute approximate surface area is 186 Å². The van der Waals surface area contributed by atoms with E-state index in [4.69, 9.17) is 4.74 Å². The zero-order valence-corrected chi connectivity index (χ0v) is 18.0. The van der Waals surface area contributed by atoms with E-state index in [9.17, 15) is 14.9 Å². The summed E-state index contributed by atoms with van der Waals surface area (Å²) in [5.41, 5.74) is 1.53. The molecule has 2 heterocycles. The number of nitrogens with zero attached hydrogens (tertiary/aromatic N) is 5. The minimum atomic E-state index is -0.352. The molecular formula is C24H25N5O3. The fourth-order valence-corrected chi connectivity index (χ4v) is 4.08. The number of piperazine rings is 1. The Bertz CT molecular complexity index is 1190. The first-order valence-electron chi connectivity index (χ1n) is 10.6. The summed E-state index contributed by atoms with van der Waals surface area (Å²) in [6.07, 6.45) is 1.60. The van der Waals surface area contributed by atoms with Crippen LogP contribution < -0.4 is 10.2 Å². The fraction of sp³-hybridized carbons (Fsp3) is 0.333. The van der Waals surface area contributed by atoms with Crippen LogP contribution in [0.5, 0.6) is 5.75 Å². The number of aryl methyl sites for hydroxylation is 1. The standard InChI is InChI=1S/C24H25N5O3/c1-32-19-8-6-18(7-9-19)22(16-25)27-12-14-28(15-13-27)24(31)10-11-29-21-5-3-2-4-20(21)23(30)17-26-29/h2-9,17,22H,10-15H2,1H3. The molecule has 164 valence electrons. The number of methoxy groups -OCH3 is 1. The Morgan fingerprint density at radius 2 is 1.84 bits per heavy atom. The van der Waals surface area contributed by atoms with Crippen LogP contribution in [-0.4, -0.2) is 58.8 Å². The van der Waals surface area contributed by atoms with Crippen LogP contribution in [0.1, 0.15) is 18.0 Å². The molecule has 32 heavy (non-hydrogen) atoms. The molecule has 4 rings (SSSR count). The van der Waals surface area contributed by atoms with Crippen LogP contribution in [-0.2, 0) is 11.3 Å². The van der Waals surface area contributed by atoms with Gasteiger partial charge < -0.3 is 9.64 Å². The third-order valence-corrected chi connectivity index (χ3v) is 5.89. The maximum atomic E-state index is 12.8. The molecule has 0 saturated carbocycles. The Hall–Kier alpha value is -3.70. The highest BCUT2D eigenvalue weighted by Gasteiger charge is 2.27. The third-order valence-electron chi connectivity index (χ3n) is 5.89. The molecular weight excluding hydrogens is 406 g/mol. The minimum absolute atomic E-state index is 0.0483. The van der Waals surface area contributed by atoms with Crippen LogP contribution in [0, 0.1) is 11.3 Å². The molecule has 1 aliphatic heterocycles. The highest BCUT2D eigenvalue weighted by atomic mass is 16.5. The molecule has 8 heteroatoms. The molecule has 1 unspecified atom stereocenters. The molecule has 0 bridgehead atoms. The molecule has 2 aromatic carbocycles. The van der Waals surface area contributed by atoms with Crippen molar-refractivity contribution in [3.8, 4) is 11.8 Å². The summed E-state index contributed by atoms with van der Waals surface area (Å²) in [4.78, 5) is 28.7. The van der Waals surface area contributed by atoms with Gasteiger partial charge in [0.05, 0.1) is 31.4 Å². The molecule has 1 saturated heterocycles. The smallest absolute Gasteiger partial charge is 0.224 e. The van der Waals surface area contributed by atoms with Crippen LogP contribution in [0.25, 0.3) is 10.9 Å². The largest absolute Gasteiger partial charge is 0.497 e. The van der Waals surface area contributed by atoms with Gasteiger partial charge in [0.1, 0.15) is 11.8 Å². The fourth-order valence-electron chi connectivity index (χ4n) is 4.08. The molecule has 1 atom stereocenters. The van der Waals surface area contributed by atoms with E-state index in [2.05, 4.69) is 16.1 Å². The van der Waals surface area contributed by atoms with Crippen molar-refractivity contribution in [3.63, 3.8) is 0 Å². The molecule has 1 fully saturated rings.